The third-order valence-electron chi connectivity index (χ3n) is 3.78. The van der Waals surface area contributed by atoms with E-state index in [0.29, 0.717) is 23.5 Å². The average molecular weight is 302 g/mol. The van der Waals surface area contributed by atoms with Crippen molar-refractivity contribution < 1.29 is 18.6 Å². The summed E-state index contributed by atoms with van der Waals surface area (Å²) in [5, 5.41) is 11.3. The average Bonchev–Trinajstić information content (AvgIpc) is 2.55. The lowest BCUT2D eigenvalue weighted by Gasteiger charge is -2.33. The van der Waals surface area contributed by atoms with E-state index in [1.54, 1.807) is 18.2 Å². The fraction of sp³-hybridized carbons (Fsp3) is 0.222. The van der Waals surface area contributed by atoms with Crippen LogP contribution >= 0.6 is 0 Å². The molecule has 1 N–H and O–H groups in total. The minimum atomic E-state index is -1.70. The summed E-state index contributed by atoms with van der Waals surface area (Å²) in [5.41, 5.74) is -1.08. The second-order valence-electron chi connectivity index (χ2n) is 5.29. The van der Waals surface area contributed by atoms with Crippen molar-refractivity contribution in [2.24, 2.45) is 0 Å². The molecule has 2 nitrogen and oxygen atoms in total. The Labute approximate surface area is 127 Å². The van der Waals surface area contributed by atoms with Gasteiger partial charge in [-0.3, -0.25) is 0 Å². The van der Waals surface area contributed by atoms with E-state index in [1.165, 1.54) is 36.4 Å². The molecule has 0 saturated heterocycles. The highest BCUT2D eigenvalue weighted by Crippen LogP contribution is 2.39. The molecule has 2 aromatic rings. The van der Waals surface area contributed by atoms with Gasteiger partial charge in [0.2, 0.25) is 0 Å². The highest BCUT2D eigenvalue weighted by Gasteiger charge is 2.38. The quantitative estimate of drug-likeness (QED) is 0.932. The Hall–Kier alpha value is -2.20. The molecular weight excluding hydrogens is 286 g/mol. The van der Waals surface area contributed by atoms with Gasteiger partial charge in [-0.25, -0.2) is 8.78 Å². The smallest absolute Gasteiger partial charge is 0.172 e. The van der Waals surface area contributed by atoms with Crippen LogP contribution in [0.3, 0.4) is 0 Å². The van der Waals surface area contributed by atoms with Gasteiger partial charge in [0.15, 0.2) is 5.60 Å². The molecule has 1 aliphatic heterocycles. The molecule has 4 heteroatoms. The van der Waals surface area contributed by atoms with Crippen LogP contribution < -0.4 is 0 Å². The summed E-state index contributed by atoms with van der Waals surface area (Å²) in [6.45, 7) is 0.471. The summed E-state index contributed by atoms with van der Waals surface area (Å²) in [5.74, 6) is -0.623. The molecule has 0 atom stereocenters. The second-order valence-corrected chi connectivity index (χ2v) is 5.29. The zero-order valence-corrected chi connectivity index (χ0v) is 11.9. The molecule has 1 heterocycles. The number of aliphatic hydroxyl groups is 1. The number of hydrogen-bond donors (Lipinski definition) is 1. The van der Waals surface area contributed by atoms with Crippen molar-refractivity contribution in [1.29, 1.82) is 0 Å². The number of ether oxygens (including phenoxy) is 1. The zero-order chi connectivity index (χ0) is 15.6. The minimum Gasteiger partial charge on any atom is -0.494 e. The maximum Gasteiger partial charge on any atom is 0.172 e. The highest BCUT2D eigenvalue weighted by atomic mass is 19.1. The summed E-state index contributed by atoms with van der Waals surface area (Å²) in [6, 6.07) is 11.3. The Bertz CT molecular complexity index is 664. The summed E-state index contributed by atoms with van der Waals surface area (Å²) in [6.07, 6.45) is 3.38. The summed E-state index contributed by atoms with van der Waals surface area (Å²) in [7, 11) is 0. The van der Waals surface area contributed by atoms with E-state index < -0.39 is 17.2 Å². The van der Waals surface area contributed by atoms with E-state index in [0.717, 1.165) is 12.8 Å². The van der Waals surface area contributed by atoms with Crippen LogP contribution in [0.4, 0.5) is 8.78 Å². The number of hydrogen-bond acceptors (Lipinski definition) is 2. The third-order valence-corrected chi connectivity index (χ3v) is 3.78. The normalized spacial score (nSPS) is 15.1. The molecule has 0 bridgehead atoms. The zero-order valence-electron chi connectivity index (χ0n) is 11.9. The maximum absolute atomic E-state index is 13.6. The number of halogens is 2. The molecular formula is C18H16F2O2. The van der Waals surface area contributed by atoms with Crippen LogP contribution in [-0.2, 0) is 10.3 Å². The lowest BCUT2D eigenvalue weighted by molar-refractivity contribution is 0.0311. The van der Waals surface area contributed by atoms with Crippen molar-refractivity contribution in [3.05, 3.63) is 83.1 Å². The first-order valence-corrected chi connectivity index (χ1v) is 7.18. The molecule has 0 radical (unpaired) electrons. The van der Waals surface area contributed by atoms with Crippen LogP contribution in [-0.4, -0.2) is 11.7 Å². The van der Waals surface area contributed by atoms with Gasteiger partial charge in [-0.15, -0.1) is 0 Å². The lowest BCUT2D eigenvalue weighted by Crippen LogP contribution is -2.32. The van der Waals surface area contributed by atoms with Gasteiger partial charge >= 0.3 is 0 Å². The van der Waals surface area contributed by atoms with E-state index in [1.807, 2.05) is 0 Å². The topological polar surface area (TPSA) is 29.5 Å². The molecule has 2 aromatic carbocycles. The van der Waals surface area contributed by atoms with Gasteiger partial charge in [0, 0.05) is 0 Å². The number of allylic oxidation sites excluding steroid dienone is 1. The molecule has 1 aliphatic rings. The van der Waals surface area contributed by atoms with Gasteiger partial charge < -0.3 is 9.84 Å². The predicted octanol–water partition coefficient (Wildman–Crippen LogP) is 3.90. The molecule has 3 rings (SSSR count). The van der Waals surface area contributed by atoms with Crippen LogP contribution in [0.5, 0.6) is 0 Å². The predicted molar refractivity (Wildman–Crippen MR) is 79.1 cm³/mol. The van der Waals surface area contributed by atoms with Crippen molar-refractivity contribution in [1.82, 2.24) is 0 Å². The van der Waals surface area contributed by atoms with Gasteiger partial charge in [0.25, 0.3) is 0 Å². The lowest BCUT2D eigenvalue weighted by atomic mass is 9.83. The van der Waals surface area contributed by atoms with Crippen molar-refractivity contribution in [2.45, 2.75) is 18.4 Å². The molecule has 0 saturated carbocycles. The van der Waals surface area contributed by atoms with Crippen LogP contribution in [0.15, 0.2) is 60.4 Å². The molecule has 0 aromatic heterocycles. The van der Waals surface area contributed by atoms with E-state index in [-0.39, 0.29) is 0 Å². The van der Waals surface area contributed by atoms with Crippen molar-refractivity contribution in [3.63, 3.8) is 0 Å². The highest BCUT2D eigenvalue weighted by molar-refractivity contribution is 5.43. The maximum atomic E-state index is 13.6. The van der Waals surface area contributed by atoms with Crippen LogP contribution in [0.25, 0.3) is 0 Å². The molecule has 0 spiro atoms. The van der Waals surface area contributed by atoms with E-state index in [9.17, 15) is 13.9 Å². The monoisotopic (exact) mass is 302 g/mol. The summed E-state index contributed by atoms with van der Waals surface area (Å²) in [4.78, 5) is 0. The van der Waals surface area contributed by atoms with Gasteiger partial charge in [0.1, 0.15) is 17.4 Å². The Morgan fingerprint density at radius 3 is 2.00 bits per heavy atom. The Morgan fingerprint density at radius 2 is 1.55 bits per heavy atom. The molecule has 0 fully saturated rings. The summed E-state index contributed by atoms with van der Waals surface area (Å²) < 4.78 is 32.8. The Kier molecular flexibility index (Phi) is 3.94. The van der Waals surface area contributed by atoms with Gasteiger partial charge in [-0.2, -0.15) is 0 Å². The Balaban J connectivity index is 2.19. The molecule has 0 aliphatic carbocycles. The Morgan fingerprint density at radius 1 is 0.955 bits per heavy atom. The fourth-order valence-corrected chi connectivity index (χ4v) is 2.69. The van der Waals surface area contributed by atoms with Crippen molar-refractivity contribution in [3.8, 4) is 0 Å². The third kappa shape index (κ3) is 2.62. The summed E-state index contributed by atoms with van der Waals surface area (Å²) >= 11 is 0. The number of benzene rings is 2. The standard InChI is InChI=1S/C18H16F2O2/c19-15-7-3-5-13(11-15)18(21,17-9-1-2-10-22-17)14-6-4-8-16(20)12-14/h3-9,11-12,21H,1-2,10H2. The first-order valence-electron chi connectivity index (χ1n) is 7.18. The number of rotatable bonds is 3. The first-order chi connectivity index (χ1) is 10.6. The van der Waals surface area contributed by atoms with Gasteiger partial charge in [-0.1, -0.05) is 24.3 Å². The molecule has 0 amide bonds. The van der Waals surface area contributed by atoms with Crippen molar-refractivity contribution in [2.75, 3.05) is 6.61 Å². The van der Waals surface area contributed by atoms with E-state index >= 15 is 0 Å². The first kappa shape index (κ1) is 14.7. The van der Waals surface area contributed by atoms with Crippen molar-refractivity contribution >= 4 is 0 Å². The molecule has 0 unspecified atom stereocenters. The van der Waals surface area contributed by atoms with Crippen LogP contribution in [0.1, 0.15) is 24.0 Å². The molecule has 114 valence electrons. The van der Waals surface area contributed by atoms with E-state index in [4.69, 9.17) is 4.74 Å². The van der Waals surface area contributed by atoms with Crippen LogP contribution in [0, 0.1) is 11.6 Å². The van der Waals surface area contributed by atoms with Gasteiger partial charge in [-0.05, 0) is 54.3 Å². The second kappa shape index (κ2) is 5.89. The largest absolute Gasteiger partial charge is 0.494 e. The van der Waals surface area contributed by atoms with E-state index in [2.05, 4.69) is 0 Å². The van der Waals surface area contributed by atoms with Crippen LogP contribution in [0.2, 0.25) is 0 Å². The SMILES string of the molecule is OC(C1=CCCCO1)(c1cccc(F)c1)c1cccc(F)c1. The minimum absolute atomic E-state index is 0.311. The fourth-order valence-electron chi connectivity index (χ4n) is 2.69. The van der Waals surface area contributed by atoms with Gasteiger partial charge in [0.05, 0.1) is 6.61 Å². The molecule has 22 heavy (non-hydrogen) atoms.